The largest absolute Gasteiger partial charge is 0.497 e. The zero-order valence-corrected chi connectivity index (χ0v) is 21.3. The summed E-state index contributed by atoms with van der Waals surface area (Å²) in [5, 5.41) is 10.1. The topological polar surface area (TPSA) is 61.6 Å². The van der Waals surface area contributed by atoms with Crippen LogP contribution in [0.25, 0.3) is 0 Å². The molecule has 0 bridgehead atoms. The van der Waals surface area contributed by atoms with Crippen molar-refractivity contribution in [3.8, 4) is 11.5 Å². The number of hydrogen-bond donors (Lipinski definition) is 0. The average Bonchev–Trinajstić information content (AvgIpc) is 3.49. The molecule has 3 aromatic rings. The number of rotatable bonds is 11. The highest BCUT2D eigenvalue weighted by molar-refractivity contribution is 7.98. The maximum absolute atomic E-state index is 5.94. The van der Waals surface area contributed by atoms with Gasteiger partial charge in [-0.05, 0) is 55.6 Å². The van der Waals surface area contributed by atoms with Crippen LogP contribution >= 0.6 is 11.8 Å². The second kappa shape index (κ2) is 11.7. The van der Waals surface area contributed by atoms with E-state index in [9.17, 15) is 0 Å². The Hall–Kier alpha value is -2.55. The Morgan fingerprint density at radius 1 is 1.09 bits per heavy atom. The zero-order valence-electron chi connectivity index (χ0n) is 20.5. The Labute approximate surface area is 206 Å². The van der Waals surface area contributed by atoms with Gasteiger partial charge in [-0.25, -0.2) is 0 Å². The molecule has 0 amide bonds. The lowest BCUT2D eigenvalue weighted by Crippen LogP contribution is -2.23. The highest BCUT2D eigenvalue weighted by Gasteiger charge is 2.22. The molecule has 1 unspecified atom stereocenters. The summed E-state index contributed by atoms with van der Waals surface area (Å²) in [6.45, 7) is 5.21. The van der Waals surface area contributed by atoms with Gasteiger partial charge in [0.15, 0.2) is 5.16 Å². The first kappa shape index (κ1) is 24.6. The summed E-state index contributed by atoms with van der Waals surface area (Å²) >= 11 is 1.74. The van der Waals surface area contributed by atoms with E-state index in [1.165, 1.54) is 11.1 Å². The molecule has 1 aromatic heterocycles. The van der Waals surface area contributed by atoms with Crippen LogP contribution in [-0.2, 0) is 30.1 Å². The standard InChI is InChI=1S/C26H34N4O3S/c1-19-8-5-6-9-21(19)18-34-26-28-27-25(30(26)16-22-10-7-11-33-22)17-29(2)15-20-12-23(31-3)14-24(13-20)32-4/h5-6,8-9,12-14,22H,7,10-11,15-18H2,1-4H3. The molecule has 1 aliphatic heterocycles. The minimum Gasteiger partial charge on any atom is -0.497 e. The van der Waals surface area contributed by atoms with Crippen LogP contribution < -0.4 is 9.47 Å². The molecule has 8 heteroatoms. The summed E-state index contributed by atoms with van der Waals surface area (Å²) < 4.78 is 19.0. The van der Waals surface area contributed by atoms with Gasteiger partial charge in [0, 0.05) is 25.0 Å². The lowest BCUT2D eigenvalue weighted by atomic mass is 10.1. The van der Waals surface area contributed by atoms with Crippen molar-refractivity contribution in [2.45, 2.75) is 56.4 Å². The van der Waals surface area contributed by atoms with Crippen LogP contribution in [0.2, 0.25) is 0 Å². The number of benzene rings is 2. The summed E-state index contributed by atoms with van der Waals surface area (Å²) in [6.07, 6.45) is 2.42. The van der Waals surface area contributed by atoms with E-state index in [1.54, 1.807) is 26.0 Å². The number of hydrogen-bond acceptors (Lipinski definition) is 7. The van der Waals surface area contributed by atoms with E-state index in [0.29, 0.717) is 6.54 Å². The molecule has 1 aliphatic rings. The lowest BCUT2D eigenvalue weighted by Gasteiger charge is -2.20. The first-order chi connectivity index (χ1) is 16.6. The average molecular weight is 483 g/mol. The van der Waals surface area contributed by atoms with Gasteiger partial charge in [-0.15, -0.1) is 10.2 Å². The van der Waals surface area contributed by atoms with Crippen LogP contribution in [0.15, 0.2) is 47.6 Å². The molecular weight excluding hydrogens is 448 g/mol. The van der Waals surface area contributed by atoms with E-state index in [-0.39, 0.29) is 6.10 Å². The molecule has 1 atom stereocenters. The van der Waals surface area contributed by atoms with Crippen molar-refractivity contribution in [2.24, 2.45) is 0 Å². The highest BCUT2D eigenvalue weighted by atomic mass is 32.2. The number of ether oxygens (including phenoxy) is 3. The fraction of sp³-hybridized carbons (Fsp3) is 0.462. The van der Waals surface area contributed by atoms with Gasteiger partial charge < -0.3 is 18.8 Å². The summed E-state index contributed by atoms with van der Waals surface area (Å²) in [4.78, 5) is 2.24. The van der Waals surface area contributed by atoms with Crippen LogP contribution in [0.4, 0.5) is 0 Å². The first-order valence-electron chi connectivity index (χ1n) is 11.7. The SMILES string of the molecule is COc1cc(CN(C)Cc2nnc(SCc3ccccc3C)n2CC2CCCO2)cc(OC)c1. The van der Waals surface area contributed by atoms with E-state index < -0.39 is 0 Å². The molecule has 0 saturated carbocycles. The molecule has 1 saturated heterocycles. The van der Waals surface area contributed by atoms with Crippen LogP contribution in [-0.4, -0.2) is 53.6 Å². The summed E-state index contributed by atoms with van der Waals surface area (Å²) in [7, 11) is 5.44. The van der Waals surface area contributed by atoms with Crippen molar-refractivity contribution in [1.82, 2.24) is 19.7 Å². The van der Waals surface area contributed by atoms with Gasteiger partial charge in [-0.3, -0.25) is 4.90 Å². The van der Waals surface area contributed by atoms with Gasteiger partial charge >= 0.3 is 0 Å². The van der Waals surface area contributed by atoms with Crippen LogP contribution in [0.5, 0.6) is 11.5 Å². The molecule has 2 heterocycles. The van der Waals surface area contributed by atoms with Crippen LogP contribution in [0, 0.1) is 6.92 Å². The van der Waals surface area contributed by atoms with Gasteiger partial charge in [0.1, 0.15) is 17.3 Å². The minimum absolute atomic E-state index is 0.223. The normalized spacial score (nSPS) is 15.7. The molecule has 0 radical (unpaired) electrons. The van der Waals surface area contributed by atoms with Gasteiger partial charge in [0.2, 0.25) is 0 Å². The molecule has 34 heavy (non-hydrogen) atoms. The smallest absolute Gasteiger partial charge is 0.191 e. The molecule has 182 valence electrons. The second-order valence-electron chi connectivity index (χ2n) is 8.75. The Morgan fingerprint density at radius 2 is 1.85 bits per heavy atom. The molecule has 0 spiro atoms. The molecule has 0 N–H and O–H groups in total. The predicted octanol–water partition coefficient (Wildman–Crippen LogP) is 4.71. The van der Waals surface area contributed by atoms with Gasteiger partial charge in [-0.1, -0.05) is 36.0 Å². The van der Waals surface area contributed by atoms with Crippen LogP contribution in [0.1, 0.15) is 35.4 Å². The number of thioether (sulfide) groups is 1. The highest BCUT2D eigenvalue weighted by Crippen LogP contribution is 2.27. The monoisotopic (exact) mass is 482 g/mol. The van der Waals surface area contributed by atoms with Crippen molar-refractivity contribution >= 4 is 11.8 Å². The molecule has 0 aliphatic carbocycles. The van der Waals surface area contributed by atoms with Gasteiger partial charge in [0.25, 0.3) is 0 Å². The molecule has 4 rings (SSSR count). The fourth-order valence-corrected chi connectivity index (χ4v) is 5.24. The van der Waals surface area contributed by atoms with Crippen molar-refractivity contribution in [2.75, 3.05) is 27.9 Å². The fourth-order valence-electron chi connectivity index (χ4n) is 4.20. The van der Waals surface area contributed by atoms with Gasteiger partial charge in [-0.2, -0.15) is 0 Å². The minimum atomic E-state index is 0.223. The molecule has 1 fully saturated rings. The van der Waals surface area contributed by atoms with E-state index in [4.69, 9.17) is 14.2 Å². The third-order valence-electron chi connectivity index (χ3n) is 6.10. The maximum atomic E-state index is 5.94. The number of methoxy groups -OCH3 is 2. The molecular formula is C26H34N4O3S. The predicted molar refractivity (Wildman–Crippen MR) is 134 cm³/mol. The van der Waals surface area contributed by atoms with E-state index in [0.717, 1.165) is 66.3 Å². The summed E-state index contributed by atoms with van der Waals surface area (Å²) in [5.74, 6) is 3.41. The van der Waals surface area contributed by atoms with Crippen molar-refractivity contribution in [1.29, 1.82) is 0 Å². The van der Waals surface area contributed by atoms with Gasteiger partial charge in [0.05, 0.1) is 33.4 Å². The van der Waals surface area contributed by atoms with Crippen molar-refractivity contribution < 1.29 is 14.2 Å². The quantitative estimate of drug-likeness (QED) is 0.367. The Kier molecular flexibility index (Phi) is 8.48. The Bertz CT molecular complexity index is 1060. The van der Waals surface area contributed by atoms with E-state index in [1.807, 2.05) is 18.2 Å². The Morgan fingerprint density at radius 3 is 2.53 bits per heavy atom. The number of nitrogens with zero attached hydrogens (tertiary/aromatic N) is 4. The Balaban J connectivity index is 1.49. The third-order valence-corrected chi connectivity index (χ3v) is 7.11. The van der Waals surface area contributed by atoms with Crippen molar-refractivity contribution in [3.63, 3.8) is 0 Å². The zero-order chi connectivity index (χ0) is 23.9. The van der Waals surface area contributed by atoms with E-state index >= 15 is 0 Å². The third kappa shape index (κ3) is 6.31. The lowest BCUT2D eigenvalue weighted by molar-refractivity contribution is 0.0934. The first-order valence-corrected chi connectivity index (χ1v) is 12.7. The molecule has 2 aromatic carbocycles. The van der Waals surface area contributed by atoms with E-state index in [2.05, 4.69) is 57.9 Å². The maximum Gasteiger partial charge on any atom is 0.191 e. The number of aromatic nitrogens is 3. The van der Waals surface area contributed by atoms with Crippen LogP contribution in [0.3, 0.4) is 0 Å². The second-order valence-corrected chi connectivity index (χ2v) is 9.70. The summed E-state index contributed by atoms with van der Waals surface area (Å²) in [5.41, 5.74) is 3.75. The summed E-state index contributed by atoms with van der Waals surface area (Å²) in [6, 6.07) is 14.5. The molecule has 7 nitrogen and oxygen atoms in total. The number of aryl methyl sites for hydroxylation is 1. The van der Waals surface area contributed by atoms with Crippen molar-refractivity contribution in [3.05, 3.63) is 65.0 Å².